The summed E-state index contributed by atoms with van der Waals surface area (Å²) in [4.78, 5) is 8.81. The van der Waals surface area contributed by atoms with Gasteiger partial charge in [-0.15, -0.1) is 0 Å². The molecule has 1 saturated carbocycles. The third kappa shape index (κ3) is 3.42. The van der Waals surface area contributed by atoms with Crippen molar-refractivity contribution in [2.45, 2.75) is 64.0 Å². The Hall–Kier alpha value is -1.16. The van der Waals surface area contributed by atoms with Gasteiger partial charge in [0.15, 0.2) is 0 Å². The third-order valence-corrected chi connectivity index (χ3v) is 3.62. The van der Waals surface area contributed by atoms with E-state index in [9.17, 15) is 0 Å². The van der Waals surface area contributed by atoms with Crippen molar-refractivity contribution in [1.82, 2.24) is 9.97 Å². The van der Waals surface area contributed by atoms with Crippen molar-refractivity contribution < 1.29 is 0 Å². The molecule has 0 amide bonds. The zero-order valence-corrected chi connectivity index (χ0v) is 11.6. The van der Waals surface area contributed by atoms with Crippen molar-refractivity contribution in [3.63, 3.8) is 0 Å². The summed E-state index contributed by atoms with van der Waals surface area (Å²) in [6.45, 7) is 6.50. The molecule has 1 aliphatic carbocycles. The zero-order valence-electron chi connectivity index (χ0n) is 11.6. The van der Waals surface area contributed by atoms with Gasteiger partial charge >= 0.3 is 0 Å². The topological polar surface area (TPSA) is 63.8 Å². The van der Waals surface area contributed by atoms with Crippen molar-refractivity contribution in [3.8, 4) is 0 Å². The molecule has 4 heteroatoms. The first-order valence-corrected chi connectivity index (χ1v) is 6.80. The fraction of sp³-hybridized carbons (Fsp3) is 0.714. The Kier molecular flexibility index (Phi) is 3.85. The highest BCUT2D eigenvalue weighted by atomic mass is 15.1. The van der Waals surface area contributed by atoms with Gasteiger partial charge in [-0.2, -0.15) is 0 Å². The van der Waals surface area contributed by atoms with Crippen LogP contribution < -0.4 is 11.1 Å². The van der Waals surface area contributed by atoms with E-state index < -0.39 is 0 Å². The van der Waals surface area contributed by atoms with E-state index in [2.05, 4.69) is 36.1 Å². The van der Waals surface area contributed by atoms with Gasteiger partial charge in [0, 0.05) is 24.5 Å². The minimum absolute atomic E-state index is 0.107. The minimum atomic E-state index is 0.107. The van der Waals surface area contributed by atoms with Crippen LogP contribution in [0.3, 0.4) is 0 Å². The van der Waals surface area contributed by atoms with Crippen molar-refractivity contribution in [1.29, 1.82) is 0 Å². The Morgan fingerprint density at radius 2 is 1.67 bits per heavy atom. The zero-order chi connectivity index (χ0) is 13.2. The fourth-order valence-corrected chi connectivity index (χ4v) is 2.24. The lowest BCUT2D eigenvalue weighted by Crippen LogP contribution is -2.33. The summed E-state index contributed by atoms with van der Waals surface area (Å²) in [6.07, 6.45) is 8.26. The number of rotatable bonds is 2. The molecule has 1 heterocycles. The summed E-state index contributed by atoms with van der Waals surface area (Å²) in [5.41, 5.74) is 7.17. The van der Waals surface area contributed by atoms with Crippen LogP contribution in [-0.4, -0.2) is 22.1 Å². The van der Waals surface area contributed by atoms with E-state index in [1.807, 2.05) is 12.4 Å². The van der Waals surface area contributed by atoms with Gasteiger partial charge < -0.3 is 11.1 Å². The van der Waals surface area contributed by atoms with E-state index in [1.54, 1.807) is 0 Å². The highest BCUT2D eigenvalue weighted by molar-refractivity contribution is 5.28. The smallest absolute Gasteiger partial charge is 0.222 e. The van der Waals surface area contributed by atoms with Crippen LogP contribution in [0.15, 0.2) is 12.4 Å². The number of nitrogens with two attached hydrogens (primary N) is 1. The van der Waals surface area contributed by atoms with E-state index in [-0.39, 0.29) is 5.41 Å². The lowest BCUT2D eigenvalue weighted by atomic mass is 9.89. The molecule has 2 rings (SSSR count). The SMILES string of the molecule is CC(C)(C)c1cnc(NC2CCC(N)CC2)nc1. The number of hydrogen-bond acceptors (Lipinski definition) is 4. The van der Waals surface area contributed by atoms with Gasteiger partial charge in [0.1, 0.15) is 0 Å². The van der Waals surface area contributed by atoms with Crippen LogP contribution in [0.4, 0.5) is 5.95 Å². The Morgan fingerprint density at radius 3 is 2.17 bits per heavy atom. The van der Waals surface area contributed by atoms with Crippen molar-refractivity contribution in [2.75, 3.05) is 5.32 Å². The van der Waals surface area contributed by atoms with Crippen LogP contribution in [0.2, 0.25) is 0 Å². The molecule has 1 aliphatic rings. The Labute approximate surface area is 109 Å². The van der Waals surface area contributed by atoms with Crippen LogP contribution in [0.1, 0.15) is 52.0 Å². The van der Waals surface area contributed by atoms with Gasteiger partial charge in [0.25, 0.3) is 0 Å². The Balaban J connectivity index is 1.94. The van der Waals surface area contributed by atoms with Gasteiger partial charge in [0.05, 0.1) is 0 Å². The highest BCUT2D eigenvalue weighted by Crippen LogP contribution is 2.22. The Bertz CT molecular complexity index is 372. The molecule has 100 valence electrons. The molecule has 0 atom stereocenters. The molecule has 0 radical (unpaired) electrons. The van der Waals surface area contributed by atoms with Crippen LogP contribution >= 0.6 is 0 Å². The highest BCUT2D eigenvalue weighted by Gasteiger charge is 2.19. The van der Waals surface area contributed by atoms with Crippen molar-refractivity contribution >= 4 is 5.95 Å². The molecule has 0 aliphatic heterocycles. The standard InChI is InChI=1S/C14H24N4/c1-14(2,3)10-8-16-13(17-9-10)18-12-6-4-11(15)5-7-12/h8-9,11-12H,4-7,15H2,1-3H3,(H,16,17,18). The first-order valence-electron chi connectivity index (χ1n) is 6.80. The molecular weight excluding hydrogens is 224 g/mol. The third-order valence-electron chi connectivity index (χ3n) is 3.62. The normalized spacial score (nSPS) is 24.9. The van der Waals surface area contributed by atoms with Crippen molar-refractivity contribution in [2.24, 2.45) is 5.73 Å². The van der Waals surface area contributed by atoms with Crippen LogP contribution in [0, 0.1) is 0 Å². The summed E-state index contributed by atoms with van der Waals surface area (Å²) in [5.74, 6) is 0.739. The fourth-order valence-electron chi connectivity index (χ4n) is 2.24. The maximum Gasteiger partial charge on any atom is 0.222 e. The van der Waals surface area contributed by atoms with Gasteiger partial charge in [0.2, 0.25) is 5.95 Å². The Morgan fingerprint density at radius 1 is 1.11 bits per heavy atom. The predicted octanol–water partition coefficient (Wildman–Crippen LogP) is 2.46. The summed E-state index contributed by atoms with van der Waals surface area (Å²) in [7, 11) is 0. The summed E-state index contributed by atoms with van der Waals surface area (Å²) >= 11 is 0. The largest absolute Gasteiger partial charge is 0.351 e. The average Bonchev–Trinajstić information content (AvgIpc) is 2.32. The maximum atomic E-state index is 5.90. The van der Waals surface area contributed by atoms with E-state index >= 15 is 0 Å². The van der Waals surface area contributed by atoms with E-state index in [4.69, 9.17) is 5.73 Å². The number of anilines is 1. The minimum Gasteiger partial charge on any atom is -0.351 e. The number of hydrogen-bond donors (Lipinski definition) is 2. The molecule has 3 N–H and O–H groups in total. The molecule has 0 unspecified atom stereocenters. The van der Waals surface area contributed by atoms with E-state index in [0.29, 0.717) is 12.1 Å². The van der Waals surface area contributed by atoms with E-state index in [0.717, 1.165) is 31.6 Å². The van der Waals surface area contributed by atoms with E-state index in [1.165, 1.54) is 5.56 Å². The average molecular weight is 248 g/mol. The van der Waals surface area contributed by atoms with Gasteiger partial charge in [-0.25, -0.2) is 9.97 Å². The van der Waals surface area contributed by atoms with Crippen molar-refractivity contribution in [3.05, 3.63) is 18.0 Å². The lowest BCUT2D eigenvalue weighted by molar-refractivity contribution is 0.409. The molecule has 1 aromatic rings. The molecule has 0 spiro atoms. The summed E-state index contributed by atoms with van der Waals surface area (Å²) in [6, 6.07) is 0.859. The van der Waals surface area contributed by atoms with Crippen LogP contribution in [0.5, 0.6) is 0 Å². The molecule has 0 bridgehead atoms. The second-order valence-electron chi connectivity index (χ2n) is 6.30. The van der Waals surface area contributed by atoms with Gasteiger partial charge in [-0.3, -0.25) is 0 Å². The number of nitrogens with zero attached hydrogens (tertiary/aromatic N) is 2. The quantitative estimate of drug-likeness (QED) is 0.844. The molecule has 4 nitrogen and oxygen atoms in total. The van der Waals surface area contributed by atoms with Gasteiger partial charge in [-0.05, 0) is 36.7 Å². The van der Waals surface area contributed by atoms with Gasteiger partial charge in [-0.1, -0.05) is 20.8 Å². The monoisotopic (exact) mass is 248 g/mol. The molecule has 1 fully saturated rings. The second kappa shape index (κ2) is 5.22. The summed E-state index contributed by atoms with van der Waals surface area (Å²) in [5, 5.41) is 3.40. The summed E-state index contributed by atoms with van der Waals surface area (Å²) < 4.78 is 0. The first kappa shape index (κ1) is 13.3. The molecular formula is C14H24N4. The lowest BCUT2D eigenvalue weighted by Gasteiger charge is -2.27. The second-order valence-corrected chi connectivity index (χ2v) is 6.30. The molecule has 0 saturated heterocycles. The first-order chi connectivity index (χ1) is 8.45. The molecule has 1 aromatic heterocycles. The van der Waals surface area contributed by atoms with Crippen LogP contribution in [-0.2, 0) is 5.41 Å². The number of nitrogens with one attached hydrogen (secondary N) is 1. The predicted molar refractivity (Wildman–Crippen MR) is 74.6 cm³/mol. The molecule has 18 heavy (non-hydrogen) atoms. The maximum absolute atomic E-state index is 5.90. The molecule has 0 aromatic carbocycles. The number of aromatic nitrogens is 2. The van der Waals surface area contributed by atoms with Crippen LogP contribution in [0.25, 0.3) is 0 Å².